The van der Waals surface area contributed by atoms with E-state index in [0.29, 0.717) is 11.9 Å². The van der Waals surface area contributed by atoms with Crippen LogP contribution in [0.4, 0.5) is 23.7 Å². The summed E-state index contributed by atoms with van der Waals surface area (Å²) in [5.74, 6) is -4.82. The second-order valence-corrected chi connectivity index (χ2v) is 5.78. The number of pyridine rings is 1. The van der Waals surface area contributed by atoms with E-state index in [4.69, 9.17) is 0 Å². The number of carbonyl (C=O) groups excluding carboxylic acids is 2. The Morgan fingerprint density at radius 1 is 1.03 bits per heavy atom. The van der Waals surface area contributed by atoms with E-state index in [1.54, 1.807) is 41.5 Å². The third-order valence-electron chi connectivity index (χ3n) is 3.72. The fraction of sp³-hybridized carbons (Fsp3) is 0.111. The van der Waals surface area contributed by atoms with Crippen LogP contribution in [0.2, 0.25) is 0 Å². The molecule has 0 atom stereocenters. The number of aromatic nitrogens is 3. The highest BCUT2D eigenvalue weighted by Gasteiger charge is 2.15. The smallest absolute Gasteiger partial charge is 0.315 e. The molecule has 3 aromatic rings. The molecule has 150 valence electrons. The SMILES string of the molecule is O=C(CNC(=O)NCc1ccnc(-n2cccn2)c1)Nc1ccc(F)c(F)c1F. The van der Waals surface area contributed by atoms with Gasteiger partial charge in [-0.15, -0.1) is 0 Å². The minimum atomic E-state index is -1.69. The van der Waals surface area contributed by atoms with Crippen LogP contribution in [0.1, 0.15) is 5.56 Å². The molecule has 0 unspecified atom stereocenters. The van der Waals surface area contributed by atoms with E-state index in [-0.39, 0.29) is 6.54 Å². The lowest BCUT2D eigenvalue weighted by molar-refractivity contribution is -0.115. The van der Waals surface area contributed by atoms with Gasteiger partial charge in [0, 0.05) is 25.1 Å². The third-order valence-corrected chi connectivity index (χ3v) is 3.72. The van der Waals surface area contributed by atoms with Crippen molar-refractivity contribution >= 4 is 17.6 Å². The Kier molecular flexibility index (Phi) is 6.07. The fourth-order valence-corrected chi connectivity index (χ4v) is 2.32. The van der Waals surface area contributed by atoms with Crippen molar-refractivity contribution in [1.82, 2.24) is 25.4 Å². The van der Waals surface area contributed by atoms with Gasteiger partial charge in [-0.25, -0.2) is 27.6 Å². The topological polar surface area (TPSA) is 101 Å². The van der Waals surface area contributed by atoms with Crippen LogP contribution < -0.4 is 16.0 Å². The highest BCUT2D eigenvalue weighted by Crippen LogP contribution is 2.19. The first-order valence-corrected chi connectivity index (χ1v) is 8.34. The molecule has 3 rings (SSSR count). The summed E-state index contributed by atoms with van der Waals surface area (Å²) < 4.78 is 41.1. The predicted octanol–water partition coefficient (Wildman–Crippen LogP) is 2.12. The van der Waals surface area contributed by atoms with Gasteiger partial charge in [0.1, 0.15) is 0 Å². The van der Waals surface area contributed by atoms with E-state index in [1.807, 2.05) is 5.32 Å². The number of anilines is 1. The van der Waals surface area contributed by atoms with Crippen LogP contribution in [0.5, 0.6) is 0 Å². The van der Waals surface area contributed by atoms with E-state index < -0.39 is 41.6 Å². The zero-order valence-electron chi connectivity index (χ0n) is 14.8. The van der Waals surface area contributed by atoms with Crippen LogP contribution in [0, 0.1) is 17.5 Å². The standard InChI is InChI=1S/C18H15F3N6O2/c19-12-2-3-13(17(21)16(12)20)26-15(28)10-24-18(29)23-9-11-4-6-22-14(8-11)27-7-1-5-25-27/h1-8H,9-10H2,(H,26,28)(H2,23,24,29). The average molecular weight is 404 g/mol. The van der Waals surface area contributed by atoms with Gasteiger partial charge in [0.15, 0.2) is 23.3 Å². The molecule has 11 heteroatoms. The lowest BCUT2D eigenvalue weighted by Gasteiger charge is -2.10. The number of nitrogens with zero attached hydrogens (tertiary/aromatic N) is 3. The molecule has 0 spiro atoms. The van der Waals surface area contributed by atoms with Crippen molar-refractivity contribution < 1.29 is 22.8 Å². The summed E-state index contributed by atoms with van der Waals surface area (Å²) in [4.78, 5) is 27.8. The molecule has 0 aliphatic carbocycles. The van der Waals surface area contributed by atoms with Crippen molar-refractivity contribution in [2.75, 3.05) is 11.9 Å². The highest BCUT2D eigenvalue weighted by molar-refractivity contribution is 5.94. The number of hydrogen-bond donors (Lipinski definition) is 3. The Morgan fingerprint density at radius 3 is 2.62 bits per heavy atom. The lowest BCUT2D eigenvalue weighted by Crippen LogP contribution is -2.39. The fourth-order valence-electron chi connectivity index (χ4n) is 2.32. The number of hydrogen-bond acceptors (Lipinski definition) is 4. The Morgan fingerprint density at radius 2 is 1.86 bits per heavy atom. The molecule has 0 aliphatic heterocycles. The van der Waals surface area contributed by atoms with E-state index in [1.165, 1.54) is 0 Å². The van der Waals surface area contributed by atoms with Crippen LogP contribution in [0.25, 0.3) is 5.82 Å². The molecule has 29 heavy (non-hydrogen) atoms. The Balaban J connectivity index is 1.47. The molecule has 3 N–H and O–H groups in total. The van der Waals surface area contributed by atoms with Gasteiger partial charge in [0.05, 0.1) is 12.2 Å². The third kappa shape index (κ3) is 5.09. The van der Waals surface area contributed by atoms with Crippen LogP contribution in [0.3, 0.4) is 0 Å². The first kappa shape index (κ1) is 19.9. The van der Waals surface area contributed by atoms with Gasteiger partial charge < -0.3 is 16.0 Å². The second-order valence-electron chi connectivity index (χ2n) is 5.78. The van der Waals surface area contributed by atoms with Crippen LogP contribution in [-0.2, 0) is 11.3 Å². The Hall–Kier alpha value is -3.89. The van der Waals surface area contributed by atoms with Gasteiger partial charge in [0.25, 0.3) is 0 Å². The Bertz CT molecular complexity index is 1030. The molecule has 0 radical (unpaired) electrons. The minimum Gasteiger partial charge on any atom is -0.334 e. The maximum absolute atomic E-state index is 13.5. The summed E-state index contributed by atoms with van der Waals surface area (Å²) in [7, 11) is 0. The van der Waals surface area contributed by atoms with Crippen molar-refractivity contribution in [2.24, 2.45) is 0 Å². The van der Waals surface area contributed by atoms with Crippen LogP contribution in [0.15, 0.2) is 48.9 Å². The molecule has 0 aliphatic rings. The first-order chi connectivity index (χ1) is 13.9. The molecule has 0 saturated heterocycles. The van der Waals surface area contributed by atoms with E-state index >= 15 is 0 Å². The van der Waals surface area contributed by atoms with E-state index in [2.05, 4.69) is 20.7 Å². The van der Waals surface area contributed by atoms with Crippen molar-refractivity contribution in [3.8, 4) is 5.82 Å². The molecule has 0 bridgehead atoms. The summed E-state index contributed by atoms with van der Waals surface area (Å²) in [5.41, 5.74) is 0.216. The number of carbonyl (C=O) groups is 2. The minimum absolute atomic E-state index is 0.155. The van der Waals surface area contributed by atoms with Gasteiger partial charge in [-0.05, 0) is 35.9 Å². The normalized spacial score (nSPS) is 10.4. The zero-order chi connectivity index (χ0) is 20.8. The molecular formula is C18H15F3N6O2. The quantitative estimate of drug-likeness (QED) is 0.548. The maximum atomic E-state index is 13.5. The number of amides is 3. The molecule has 2 aromatic heterocycles. The van der Waals surface area contributed by atoms with Gasteiger partial charge in [-0.3, -0.25) is 4.79 Å². The van der Waals surface area contributed by atoms with Crippen LogP contribution >= 0.6 is 0 Å². The zero-order valence-corrected chi connectivity index (χ0v) is 14.8. The maximum Gasteiger partial charge on any atom is 0.315 e. The van der Waals surface area contributed by atoms with Gasteiger partial charge in [-0.1, -0.05) is 0 Å². The number of rotatable bonds is 6. The van der Waals surface area contributed by atoms with E-state index in [9.17, 15) is 22.8 Å². The second kappa shape index (κ2) is 8.87. The summed E-state index contributed by atoms with van der Waals surface area (Å²) >= 11 is 0. The lowest BCUT2D eigenvalue weighted by atomic mass is 10.2. The number of benzene rings is 1. The molecule has 1 aromatic carbocycles. The number of halogens is 3. The van der Waals surface area contributed by atoms with Crippen molar-refractivity contribution in [3.63, 3.8) is 0 Å². The van der Waals surface area contributed by atoms with Crippen molar-refractivity contribution in [3.05, 3.63) is 71.9 Å². The van der Waals surface area contributed by atoms with Gasteiger partial charge >= 0.3 is 6.03 Å². The summed E-state index contributed by atoms with van der Waals surface area (Å²) in [5, 5.41) is 10.9. The summed E-state index contributed by atoms with van der Waals surface area (Å²) in [6.07, 6.45) is 4.90. The average Bonchev–Trinajstić information content (AvgIpc) is 3.26. The molecule has 2 heterocycles. The van der Waals surface area contributed by atoms with Crippen molar-refractivity contribution in [2.45, 2.75) is 6.54 Å². The highest BCUT2D eigenvalue weighted by atomic mass is 19.2. The first-order valence-electron chi connectivity index (χ1n) is 8.34. The predicted molar refractivity (Wildman–Crippen MR) is 96.5 cm³/mol. The molecule has 8 nitrogen and oxygen atoms in total. The molecule has 3 amide bonds. The monoisotopic (exact) mass is 404 g/mol. The van der Waals surface area contributed by atoms with Gasteiger partial charge in [-0.2, -0.15) is 5.10 Å². The Labute approximate surface area is 162 Å². The largest absolute Gasteiger partial charge is 0.334 e. The van der Waals surface area contributed by atoms with Gasteiger partial charge in [0.2, 0.25) is 5.91 Å². The van der Waals surface area contributed by atoms with Crippen LogP contribution in [-0.4, -0.2) is 33.2 Å². The van der Waals surface area contributed by atoms with Crippen molar-refractivity contribution in [1.29, 1.82) is 0 Å². The molecule has 0 saturated carbocycles. The summed E-state index contributed by atoms with van der Waals surface area (Å²) in [6.45, 7) is -0.346. The van der Waals surface area contributed by atoms with E-state index in [0.717, 1.165) is 11.6 Å². The molecular weight excluding hydrogens is 389 g/mol. The number of nitrogens with one attached hydrogen (secondary N) is 3. The molecule has 0 fully saturated rings. The number of urea groups is 1. The summed E-state index contributed by atoms with van der Waals surface area (Å²) in [6, 6.07) is 6.09.